The Balaban J connectivity index is 2.04. The molecular formula is C28H41N3O3Si-. The fraction of sp³-hybridized carbons (Fsp3) is 0.536. The molecule has 0 N–H and O–H groups in total. The van der Waals surface area contributed by atoms with Crippen molar-refractivity contribution in [1.82, 2.24) is 15.0 Å². The summed E-state index contributed by atoms with van der Waals surface area (Å²) >= 11 is 0. The molecule has 0 aliphatic carbocycles. The van der Waals surface area contributed by atoms with Gasteiger partial charge in [-0.15, -0.1) is 23.2 Å². The number of fused-ring (bicyclic) bond motifs is 1. The number of aryl methyl sites for hydroxylation is 3. The van der Waals surface area contributed by atoms with Gasteiger partial charge >= 0.3 is 5.97 Å². The van der Waals surface area contributed by atoms with E-state index >= 15 is 0 Å². The Bertz CT molecular complexity index is 1190. The van der Waals surface area contributed by atoms with Crippen molar-refractivity contribution in [2.24, 2.45) is 0 Å². The first-order valence-corrected chi connectivity index (χ1v) is 15.5. The van der Waals surface area contributed by atoms with Gasteiger partial charge < -0.3 is 9.16 Å². The van der Waals surface area contributed by atoms with Crippen molar-refractivity contribution in [2.75, 3.05) is 6.61 Å². The summed E-state index contributed by atoms with van der Waals surface area (Å²) in [4.78, 5) is 12.7. The van der Waals surface area contributed by atoms with Crippen LogP contribution in [0.3, 0.4) is 0 Å². The zero-order chi connectivity index (χ0) is 26.0. The van der Waals surface area contributed by atoms with Crippen molar-refractivity contribution in [3.8, 4) is 0 Å². The maximum Gasteiger partial charge on any atom is 0.306 e. The van der Waals surface area contributed by atoms with E-state index in [9.17, 15) is 4.79 Å². The van der Waals surface area contributed by atoms with E-state index in [1.165, 1.54) is 5.56 Å². The first-order chi connectivity index (χ1) is 16.4. The summed E-state index contributed by atoms with van der Waals surface area (Å²) in [7, 11) is -1.89. The predicted molar refractivity (Wildman–Crippen MR) is 144 cm³/mol. The molecule has 3 aromatic rings. The summed E-state index contributed by atoms with van der Waals surface area (Å²) in [6.45, 7) is 21.1. The second-order valence-corrected chi connectivity index (χ2v) is 15.7. The number of benzene rings is 2. The summed E-state index contributed by atoms with van der Waals surface area (Å²) < 4.78 is 13.8. The number of hydrogen-bond donors (Lipinski definition) is 0. The predicted octanol–water partition coefficient (Wildman–Crippen LogP) is 6.67. The lowest BCUT2D eigenvalue weighted by Crippen LogP contribution is -2.40. The van der Waals surface area contributed by atoms with Crippen LogP contribution in [0.5, 0.6) is 0 Å². The standard InChI is InChI=1S/C28H41N3O3Si/c1-10-31-25-15-14-23(20(4)27(25)29-30-31)24(17-26(32)33-11-2)21-13-12-19(3)22(16-21)18-34-35(8,9)28(5,6)7/h12-16,24H,10-11,17-18H2,1-9H3/q-1/t24-/m1/s1. The first-order valence-electron chi connectivity index (χ1n) is 12.6. The molecule has 2 aromatic carbocycles. The molecule has 35 heavy (non-hydrogen) atoms. The molecule has 1 aromatic heterocycles. The molecule has 3 rings (SSSR count). The average molecular weight is 496 g/mol. The van der Waals surface area contributed by atoms with Gasteiger partial charge in [-0.25, -0.2) is 4.68 Å². The van der Waals surface area contributed by atoms with Gasteiger partial charge in [0.15, 0.2) is 0 Å². The molecule has 0 aliphatic heterocycles. The first kappa shape index (κ1) is 27.1. The van der Waals surface area contributed by atoms with E-state index in [1.54, 1.807) is 0 Å². The molecule has 0 bridgehead atoms. The van der Waals surface area contributed by atoms with E-state index in [1.807, 2.05) is 11.6 Å². The Labute approximate surface area is 211 Å². The molecule has 191 valence electrons. The summed E-state index contributed by atoms with van der Waals surface area (Å²) in [5.74, 6) is -0.341. The van der Waals surface area contributed by atoms with Crippen LogP contribution in [0, 0.1) is 13.8 Å². The van der Waals surface area contributed by atoms with Gasteiger partial charge in [0.25, 0.3) is 0 Å². The van der Waals surface area contributed by atoms with Crippen LogP contribution in [-0.2, 0) is 27.1 Å². The van der Waals surface area contributed by atoms with Crippen LogP contribution >= 0.6 is 0 Å². The van der Waals surface area contributed by atoms with Crippen LogP contribution in [0.1, 0.15) is 74.8 Å². The molecule has 1 atom stereocenters. The molecule has 0 saturated heterocycles. The van der Waals surface area contributed by atoms with E-state index in [2.05, 4.69) is 95.3 Å². The van der Waals surface area contributed by atoms with Gasteiger partial charge in [0.2, 0.25) is 0 Å². The average Bonchev–Trinajstić information content (AvgIpc) is 3.21. The topological polar surface area (TPSA) is 66.2 Å². The van der Waals surface area contributed by atoms with E-state index in [-0.39, 0.29) is 23.3 Å². The van der Waals surface area contributed by atoms with Crippen LogP contribution in [0.2, 0.25) is 18.1 Å². The molecule has 6 nitrogen and oxygen atoms in total. The summed E-state index contributed by atoms with van der Waals surface area (Å²) in [6.07, 6.45) is 0.272. The quantitative estimate of drug-likeness (QED) is 0.245. The van der Waals surface area contributed by atoms with E-state index in [0.29, 0.717) is 13.2 Å². The van der Waals surface area contributed by atoms with Crippen molar-refractivity contribution in [3.63, 3.8) is 0 Å². The lowest BCUT2D eigenvalue weighted by Gasteiger charge is -2.48. The van der Waals surface area contributed by atoms with Gasteiger partial charge in [0, 0.05) is 19.1 Å². The zero-order valence-electron chi connectivity index (χ0n) is 22.9. The van der Waals surface area contributed by atoms with Crippen molar-refractivity contribution >= 4 is 25.3 Å². The fourth-order valence-corrected chi connectivity index (χ4v) is 5.08. The van der Waals surface area contributed by atoms with E-state index in [0.717, 1.165) is 39.8 Å². The monoisotopic (exact) mass is 495 g/mol. The van der Waals surface area contributed by atoms with Crippen LogP contribution in [0.25, 0.3) is 11.0 Å². The van der Waals surface area contributed by atoms with Gasteiger partial charge in [0.05, 0.1) is 18.5 Å². The molecule has 1 heterocycles. The van der Waals surface area contributed by atoms with Gasteiger partial charge in [-0.1, -0.05) is 50.3 Å². The molecule has 0 radical (unpaired) electrons. The number of carbonyl (C=O) groups excluding carboxylic acids is 1. The normalized spacial score (nSPS) is 13.3. The second kappa shape index (κ2) is 10.6. The molecule has 0 fully saturated rings. The highest BCUT2D eigenvalue weighted by Crippen LogP contribution is 2.38. The largest absolute Gasteiger partial charge is 0.561 e. The molecule has 0 saturated carbocycles. The third-order valence-electron chi connectivity index (χ3n) is 7.50. The summed E-state index contributed by atoms with van der Waals surface area (Å²) in [5.41, 5.74) is 7.47. The van der Waals surface area contributed by atoms with Gasteiger partial charge in [-0.05, 0) is 69.9 Å². The molecule has 7 heteroatoms. The number of rotatable bonds is 9. The minimum atomic E-state index is -1.89. The molecule has 0 unspecified atom stereocenters. The van der Waals surface area contributed by atoms with Crippen molar-refractivity contribution in [2.45, 2.75) is 92.1 Å². The SMILES string of the molecule is CCOC(=O)C[C@H](c1ccc(C)c(CO[Si-](C)(C)C(C)(C)C)c1)c1ccc2c(nnn2CC)c1C. The van der Waals surface area contributed by atoms with E-state index in [4.69, 9.17) is 9.16 Å². The minimum absolute atomic E-state index is 0.141. The lowest BCUT2D eigenvalue weighted by atomic mass is 9.84. The Morgan fingerprint density at radius 2 is 1.83 bits per heavy atom. The van der Waals surface area contributed by atoms with E-state index < -0.39 is 8.32 Å². The number of carbonyl (C=O) groups is 1. The second-order valence-electron chi connectivity index (χ2n) is 10.8. The smallest absolute Gasteiger partial charge is 0.306 e. The van der Waals surface area contributed by atoms with Crippen LogP contribution < -0.4 is 0 Å². The Hall–Kier alpha value is -2.51. The molecule has 0 amide bonds. The third-order valence-corrected chi connectivity index (χ3v) is 12.0. The Morgan fingerprint density at radius 3 is 2.46 bits per heavy atom. The van der Waals surface area contributed by atoms with Crippen molar-refractivity contribution in [3.05, 3.63) is 58.1 Å². The Morgan fingerprint density at radius 1 is 1.11 bits per heavy atom. The van der Waals surface area contributed by atoms with Crippen LogP contribution in [0.15, 0.2) is 30.3 Å². The third kappa shape index (κ3) is 5.84. The lowest BCUT2D eigenvalue weighted by molar-refractivity contribution is -0.143. The van der Waals surface area contributed by atoms with Crippen molar-refractivity contribution in [1.29, 1.82) is 0 Å². The molecule has 0 aliphatic rings. The molecule has 0 spiro atoms. The number of ether oxygens (including phenoxy) is 1. The van der Waals surface area contributed by atoms with Gasteiger partial charge in [-0.2, -0.15) is 0 Å². The van der Waals surface area contributed by atoms with Crippen LogP contribution in [0.4, 0.5) is 0 Å². The van der Waals surface area contributed by atoms with Crippen LogP contribution in [-0.4, -0.2) is 35.9 Å². The fourth-order valence-electron chi connectivity index (χ4n) is 4.13. The zero-order valence-corrected chi connectivity index (χ0v) is 23.9. The summed E-state index contributed by atoms with van der Waals surface area (Å²) in [5, 5.41) is 8.87. The number of esters is 1. The maximum atomic E-state index is 12.7. The van der Waals surface area contributed by atoms with Crippen molar-refractivity contribution < 1.29 is 14.0 Å². The highest BCUT2D eigenvalue weighted by Gasteiger charge is 2.26. The highest BCUT2D eigenvalue weighted by molar-refractivity contribution is 6.74. The summed E-state index contributed by atoms with van der Waals surface area (Å²) in [6, 6.07) is 10.7. The maximum absolute atomic E-state index is 12.7. The Kier molecular flexibility index (Phi) is 8.22. The number of hydrogen-bond acceptors (Lipinski definition) is 5. The van der Waals surface area contributed by atoms with Gasteiger partial charge in [0.1, 0.15) is 5.52 Å². The minimum Gasteiger partial charge on any atom is -0.561 e. The molecular weight excluding hydrogens is 454 g/mol. The number of nitrogens with zero attached hydrogens (tertiary/aromatic N) is 3. The number of aromatic nitrogens is 3. The van der Waals surface area contributed by atoms with Gasteiger partial charge in [-0.3, -0.25) is 4.79 Å². The highest BCUT2D eigenvalue weighted by atomic mass is 28.4.